The number of hydrogen-bond acceptors (Lipinski definition) is 2. The van der Waals surface area contributed by atoms with Crippen LogP contribution in [0.15, 0.2) is 0 Å². The fourth-order valence-electron chi connectivity index (χ4n) is 1.10. The average Bonchev–Trinajstić information content (AvgIpc) is 1.98. The molecule has 2 heteroatoms. The van der Waals surface area contributed by atoms with E-state index in [4.69, 9.17) is 0 Å². The maximum Gasteiger partial charge on any atom is 0.00760 e. The van der Waals surface area contributed by atoms with Crippen LogP contribution in [0.4, 0.5) is 0 Å². The summed E-state index contributed by atoms with van der Waals surface area (Å²) in [5, 5.41) is 6.45. The predicted molar refractivity (Wildman–Crippen MR) is 46.3 cm³/mol. The van der Waals surface area contributed by atoms with E-state index in [0.717, 1.165) is 6.54 Å². The van der Waals surface area contributed by atoms with Crippen LogP contribution >= 0.6 is 0 Å². The molecule has 0 aliphatic carbocycles. The average molecular weight is 144 g/mol. The standard InChI is InChI=1S/C8H20N2/c1-4-5-8(10-3)6-7-9-2/h8-10H,4-7H2,1-3H3. The van der Waals surface area contributed by atoms with Crippen LogP contribution in [0, 0.1) is 0 Å². The van der Waals surface area contributed by atoms with Crippen molar-refractivity contribution in [1.29, 1.82) is 0 Å². The van der Waals surface area contributed by atoms with Gasteiger partial charge in [-0.3, -0.25) is 0 Å². The molecule has 1 unspecified atom stereocenters. The van der Waals surface area contributed by atoms with Crippen LogP contribution in [-0.4, -0.2) is 26.7 Å². The van der Waals surface area contributed by atoms with Gasteiger partial charge in [-0.05, 0) is 33.5 Å². The van der Waals surface area contributed by atoms with Gasteiger partial charge in [0.05, 0.1) is 0 Å². The Hall–Kier alpha value is -0.0800. The van der Waals surface area contributed by atoms with E-state index in [9.17, 15) is 0 Å². The van der Waals surface area contributed by atoms with Crippen molar-refractivity contribution in [3.63, 3.8) is 0 Å². The van der Waals surface area contributed by atoms with Crippen LogP contribution in [0.1, 0.15) is 26.2 Å². The largest absolute Gasteiger partial charge is 0.320 e. The van der Waals surface area contributed by atoms with Crippen LogP contribution in [0.3, 0.4) is 0 Å². The van der Waals surface area contributed by atoms with Gasteiger partial charge in [-0.2, -0.15) is 0 Å². The molecule has 1 atom stereocenters. The Morgan fingerprint density at radius 1 is 1.20 bits per heavy atom. The topological polar surface area (TPSA) is 24.1 Å². The maximum absolute atomic E-state index is 3.30. The van der Waals surface area contributed by atoms with Crippen molar-refractivity contribution in [3.8, 4) is 0 Å². The minimum Gasteiger partial charge on any atom is -0.320 e. The van der Waals surface area contributed by atoms with Crippen LogP contribution in [-0.2, 0) is 0 Å². The Morgan fingerprint density at radius 2 is 1.90 bits per heavy atom. The summed E-state index contributed by atoms with van der Waals surface area (Å²) in [6, 6.07) is 0.706. The van der Waals surface area contributed by atoms with Crippen LogP contribution in [0.25, 0.3) is 0 Å². The molecule has 0 fully saturated rings. The van der Waals surface area contributed by atoms with Crippen molar-refractivity contribution in [1.82, 2.24) is 10.6 Å². The molecule has 0 aromatic heterocycles. The van der Waals surface area contributed by atoms with E-state index in [1.54, 1.807) is 0 Å². The lowest BCUT2D eigenvalue weighted by molar-refractivity contribution is 0.475. The molecule has 0 heterocycles. The third kappa shape index (κ3) is 4.77. The first-order valence-electron chi connectivity index (χ1n) is 4.17. The van der Waals surface area contributed by atoms with Gasteiger partial charge in [-0.25, -0.2) is 0 Å². The first-order chi connectivity index (χ1) is 4.85. The molecule has 0 aliphatic heterocycles. The first kappa shape index (κ1) is 9.92. The summed E-state index contributed by atoms with van der Waals surface area (Å²) in [5.41, 5.74) is 0. The Kier molecular flexibility index (Phi) is 6.98. The van der Waals surface area contributed by atoms with E-state index >= 15 is 0 Å². The van der Waals surface area contributed by atoms with Gasteiger partial charge in [-0.15, -0.1) is 0 Å². The lowest BCUT2D eigenvalue weighted by Gasteiger charge is -2.13. The second-order valence-electron chi connectivity index (χ2n) is 2.67. The first-order valence-corrected chi connectivity index (χ1v) is 4.17. The molecule has 0 aromatic rings. The fourth-order valence-corrected chi connectivity index (χ4v) is 1.10. The molecule has 2 N–H and O–H groups in total. The maximum atomic E-state index is 3.30. The van der Waals surface area contributed by atoms with Crippen molar-refractivity contribution in [2.45, 2.75) is 32.2 Å². The van der Waals surface area contributed by atoms with E-state index in [2.05, 4.69) is 17.6 Å². The molecule has 0 bridgehead atoms. The molecule has 62 valence electrons. The zero-order valence-corrected chi connectivity index (χ0v) is 7.41. The molecule has 0 rings (SSSR count). The molecule has 0 amide bonds. The number of hydrogen-bond donors (Lipinski definition) is 2. The van der Waals surface area contributed by atoms with Crippen molar-refractivity contribution in [3.05, 3.63) is 0 Å². The molecule has 0 spiro atoms. The van der Waals surface area contributed by atoms with Gasteiger partial charge in [0.1, 0.15) is 0 Å². The smallest absolute Gasteiger partial charge is 0.00760 e. The van der Waals surface area contributed by atoms with Gasteiger partial charge < -0.3 is 10.6 Å². The van der Waals surface area contributed by atoms with Crippen molar-refractivity contribution >= 4 is 0 Å². The number of nitrogens with one attached hydrogen (secondary N) is 2. The lowest BCUT2D eigenvalue weighted by Crippen LogP contribution is -2.28. The minimum atomic E-state index is 0.706. The zero-order valence-electron chi connectivity index (χ0n) is 7.41. The molecule has 0 saturated heterocycles. The van der Waals surface area contributed by atoms with Gasteiger partial charge in [0.25, 0.3) is 0 Å². The van der Waals surface area contributed by atoms with E-state index in [1.165, 1.54) is 19.3 Å². The molecule has 0 aliphatic rings. The molecule has 0 aromatic carbocycles. The highest BCUT2D eigenvalue weighted by atomic mass is 14.9. The minimum absolute atomic E-state index is 0.706. The summed E-state index contributed by atoms with van der Waals surface area (Å²) >= 11 is 0. The van der Waals surface area contributed by atoms with Gasteiger partial charge in [0.2, 0.25) is 0 Å². The predicted octanol–water partition coefficient (Wildman–Crippen LogP) is 0.984. The summed E-state index contributed by atoms with van der Waals surface area (Å²) in [4.78, 5) is 0. The van der Waals surface area contributed by atoms with E-state index < -0.39 is 0 Å². The van der Waals surface area contributed by atoms with Crippen molar-refractivity contribution < 1.29 is 0 Å². The van der Waals surface area contributed by atoms with Crippen LogP contribution in [0.2, 0.25) is 0 Å². The third-order valence-electron chi connectivity index (χ3n) is 1.79. The van der Waals surface area contributed by atoms with E-state index in [1.807, 2.05) is 14.1 Å². The highest BCUT2D eigenvalue weighted by molar-refractivity contribution is 4.63. The van der Waals surface area contributed by atoms with Crippen LogP contribution < -0.4 is 10.6 Å². The lowest BCUT2D eigenvalue weighted by atomic mass is 10.1. The SMILES string of the molecule is CCCC(CCNC)NC. The summed E-state index contributed by atoms with van der Waals surface area (Å²) < 4.78 is 0. The highest BCUT2D eigenvalue weighted by Crippen LogP contribution is 1.98. The Morgan fingerprint density at radius 3 is 2.30 bits per heavy atom. The van der Waals surface area contributed by atoms with Crippen LogP contribution in [0.5, 0.6) is 0 Å². The highest BCUT2D eigenvalue weighted by Gasteiger charge is 2.01. The monoisotopic (exact) mass is 144 g/mol. The van der Waals surface area contributed by atoms with Crippen molar-refractivity contribution in [2.75, 3.05) is 20.6 Å². The van der Waals surface area contributed by atoms with Gasteiger partial charge in [0, 0.05) is 6.04 Å². The second-order valence-corrected chi connectivity index (χ2v) is 2.67. The molecular formula is C8H20N2. The fraction of sp³-hybridized carbons (Fsp3) is 1.00. The quantitative estimate of drug-likeness (QED) is 0.581. The van der Waals surface area contributed by atoms with Gasteiger partial charge in [0.15, 0.2) is 0 Å². The molecule has 10 heavy (non-hydrogen) atoms. The summed E-state index contributed by atoms with van der Waals surface area (Å²) in [6.07, 6.45) is 3.80. The van der Waals surface area contributed by atoms with E-state index in [-0.39, 0.29) is 0 Å². The van der Waals surface area contributed by atoms with E-state index in [0.29, 0.717) is 6.04 Å². The zero-order chi connectivity index (χ0) is 7.82. The summed E-state index contributed by atoms with van der Waals surface area (Å²) in [5.74, 6) is 0. The Bertz CT molecular complexity index is 64.3. The molecule has 0 radical (unpaired) electrons. The Balaban J connectivity index is 3.21. The summed E-state index contributed by atoms with van der Waals surface area (Å²) in [6.45, 7) is 3.34. The van der Waals surface area contributed by atoms with Gasteiger partial charge in [-0.1, -0.05) is 13.3 Å². The molecule has 0 saturated carbocycles. The number of rotatable bonds is 6. The third-order valence-corrected chi connectivity index (χ3v) is 1.79. The van der Waals surface area contributed by atoms with Crippen molar-refractivity contribution in [2.24, 2.45) is 0 Å². The summed E-state index contributed by atoms with van der Waals surface area (Å²) in [7, 11) is 4.04. The van der Waals surface area contributed by atoms with Gasteiger partial charge >= 0.3 is 0 Å². The Labute approximate surface area is 64.4 Å². The molecule has 2 nitrogen and oxygen atoms in total. The second kappa shape index (κ2) is 7.03. The molecular weight excluding hydrogens is 124 g/mol. The normalized spacial score (nSPS) is 13.5.